The summed E-state index contributed by atoms with van der Waals surface area (Å²) < 4.78 is 0. The van der Waals surface area contributed by atoms with E-state index in [9.17, 15) is 0 Å². The molecule has 3 fully saturated rings. The third-order valence-corrected chi connectivity index (χ3v) is 6.19. The number of hydrogen-bond acceptors (Lipinski definition) is 2. The number of hydrogen-bond donors (Lipinski definition) is 0. The second-order valence-corrected chi connectivity index (χ2v) is 6.78. The Morgan fingerprint density at radius 3 is 3.15 bits per heavy atom. The Balaban J connectivity index is 1.72. The minimum atomic E-state index is 0.270. The second kappa shape index (κ2) is 3.62. The van der Waals surface area contributed by atoms with Crippen molar-refractivity contribution >= 4 is 11.4 Å². The van der Waals surface area contributed by atoms with Crippen LogP contribution in [0.4, 0.5) is 5.69 Å². The molecule has 3 heterocycles. The summed E-state index contributed by atoms with van der Waals surface area (Å²) in [6.45, 7) is 4.64. The largest absolute Gasteiger partial charge is 0.295 e. The van der Waals surface area contributed by atoms with Crippen molar-refractivity contribution in [3.63, 3.8) is 0 Å². The van der Waals surface area contributed by atoms with Gasteiger partial charge in [-0.3, -0.25) is 9.89 Å². The maximum absolute atomic E-state index is 5.06. The van der Waals surface area contributed by atoms with Crippen LogP contribution in [-0.4, -0.2) is 29.7 Å². The lowest BCUT2D eigenvalue weighted by Crippen LogP contribution is -2.55. The monoisotopic (exact) mass is 264 g/mol. The lowest BCUT2D eigenvalue weighted by molar-refractivity contribution is 0.163. The first kappa shape index (κ1) is 11.3. The Kier molecular flexibility index (Phi) is 2.04. The fourth-order valence-electron chi connectivity index (χ4n) is 5.28. The fraction of sp³-hybridized carbons (Fsp3) is 0.500. The van der Waals surface area contributed by atoms with Crippen LogP contribution in [0, 0.1) is 5.92 Å². The third-order valence-electron chi connectivity index (χ3n) is 6.19. The molecule has 0 amide bonds. The van der Waals surface area contributed by atoms with Gasteiger partial charge in [-0.15, -0.1) is 0 Å². The molecule has 3 aliphatic heterocycles. The normalized spacial score (nSPS) is 39.6. The summed E-state index contributed by atoms with van der Waals surface area (Å²) in [4.78, 5) is 7.78. The van der Waals surface area contributed by atoms with Gasteiger partial charge in [0.1, 0.15) is 0 Å². The number of piperidine rings is 1. The Hall–Kier alpha value is -1.41. The van der Waals surface area contributed by atoms with Crippen LogP contribution in [0.15, 0.2) is 40.9 Å². The van der Waals surface area contributed by atoms with Crippen molar-refractivity contribution in [2.75, 3.05) is 13.1 Å². The maximum atomic E-state index is 5.06. The summed E-state index contributed by atoms with van der Waals surface area (Å²) in [5.74, 6) is 0.750. The smallest absolute Gasteiger partial charge is 0.0671 e. The molecule has 0 radical (unpaired) electrons. The standard InChI is InChI=1S/C18H20N2/c1-2-12-11-20-8-7-18-14-5-3-4-6-15(14)19-16(18)9-13(12)10-17(18)20/h2-6,13,17H,7-11H2,1H3/b12-2-/t13-,17-,18-/m0/s1. The molecule has 1 aromatic carbocycles. The molecule has 0 aromatic heterocycles. The zero-order valence-corrected chi connectivity index (χ0v) is 12.0. The van der Waals surface area contributed by atoms with Crippen molar-refractivity contribution in [2.24, 2.45) is 10.9 Å². The highest BCUT2D eigenvalue weighted by Gasteiger charge is 2.59. The number of para-hydroxylation sites is 1. The van der Waals surface area contributed by atoms with Crippen molar-refractivity contribution in [2.45, 2.75) is 37.6 Å². The molecular weight excluding hydrogens is 244 g/mol. The molecule has 1 saturated carbocycles. The second-order valence-electron chi connectivity index (χ2n) is 6.78. The van der Waals surface area contributed by atoms with Gasteiger partial charge in [-0.25, -0.2) is 0 Å². The van der Waals surface area contributed by atoms with E-state index in [0.717, 1.165) is 5.92 Å². The highest BCUT2D eigenvalue weighted by Crippen LogP contribution is 2.57. The SMILES string of the molecule is C/C=C1/CN2CC[C@@]34C(=Nc5ccccc53)C[C@H]1C[C@H]24. The summed E-state index contributed by atoms with van der Waals surface area (Å²) in [6.07, 6.45) is 6.16. The van der Waals surface area contributed by atoms with Gasteiger partial charge in [-0.2, -0.15) is 0 Å². The highest BCUT2D eigenvalue weighted by atomic mass is 15.2. The van der Waals surface area contributed by atoms with Gasteiger partial charge in [0, 0.05) is 24.8 Å². The first-order valence-electron chi connectivity index (χ1n) is 7.89. The van der Waals surface area contributed by atoms with Crippen LogP contribution in [0.25, 0.3) is 0 Å². The Morgan fingerprint density at radius 2 is 2.25 bits per heavy atom. The first-order valence-corrected chi connectivity index (χ1v) is 7.89. The van der Waals surface area contributed by atoms with Gasteiger partial charge in [-0.1, -0.05) is 29.8 Å². The van der Waals surface area contributed by atoms with E-state index >= 15 is 0 Å². The topological polar surface area (TPSA) is 15.6 Å². The van der Waals surface area contributed by atoms with Gasteiger partial charge in [0.05, 0.1) is 11.1 Å². The number of benzene rings is 1. The van der Waals surface area contributed by atoms with E-state index in [-0.39, 0.29) is 5.41 Å². The molecule has 1 spiro atoms. The first-order chi connectivity index (χ1) is 9.83. The van der Waals surface area contributed by atoms with E-state index in [1.807, 2.05) is 0 Å². The van der Waals surface area contributed by atoms with Gasteiger partial charge in [0.2, 0.25) is 0 Å². The fourth-order valence-corrected chi connectivity index (χ4v) is 5.28. The number of aliphatic imine (C=N–C) groups is 1. The average Bonchev–Trinajstić information content (AvgIpc) is 3.02. The van der Waals surface area contributed by atoms with E-state index in [1.165, 1.54) is 49.3 Å². The quantitative estimate of drug-likeness (QED) is 0.655. The summed E-state index contributed by atoms with van der Waals surface area (Å²) in [5.41, 5.74) is 6.17. The molecule has 2 saturated heterocycles. The molecule has 2 heteroatoms. The Labute approximate surface area is 120 Å². The maximum Gasteiger partial charge on any atom is 0.0671 e. The van der Waals surface area contributed by atoms with Crippen LogP contribution >= 0.6 is 0 Å². The van der Waals surface area contributed by atoms with Crippen molar-refractivity contribution in [1.82, 2.24) is 4.90 Å². The average molecular weight is 264 g/mol. The van der Waals surface area contributed by atoms with E-state index in [2.05, 4.69) is 42.2 Å². The molecule has 1 aliphatic carbocycles. The molecule has 102 valence electrons. The molecule has 4 aliphatic rings. The van der Waals surface area contributed by atoms with E-state index < -0.39 is 0 Å². The van der Waals surface area contributed by atoms with E-state index in [4.69, 9.17) is 4.99 Å². The summed E-state index contributed by atoms with van der Waals surface area (Å²) in [7, 11) is 0. The number of allylic oxidation sites excluding steroid dienone is 1. The Bertz CT molecular complexity index is 657. The zero-order valence-electron chi connectivity index (χ0n) is 12.0. The van der Waals surface area contributed by atoms with Crippen LogP contribution in [0.5, 0.6) is 0 Å². The number of rotatable bonds is 0. The van der Waals surface area contributed by atoms with Crippen molar-refractivity contribution in [3.05, 3.63) is 41.5 Å². The third kappa shape index (κ3) is 1.14. The molecule has 0 unspecified atom stereocenters. The van der Waals surface area contributed by atoms with Crippen molar-refractivity contribution in [3.8, 4) is 0 Å². The molecule has 0 N–H and O–H groups in total. The van der Waals surface area contributed by atoms with Gasteiger partial charge in [0.15, 0.2) is 0 Å². The van der Waals surface area contributed by atoms with Crippen LogP contribution in [0.2, 0.25) is 0 Å². The predicted octanol–water partition coefficient (Wildman–Crippen LogP) is 3.45. The molecule has 5 rings (SSSR count). The van der Waals surface area contributed by atoms with Crippen molar-refractivity contribution in [1.29, 1.82) is 0 Å². The van der Waals surface area contributed by atoms with Crippen LogP contribution in [0.3, 0.4) is 0 Å². The predicted molar refractivity (Wildman–Crippen MR) is 81.7 cm³/mol. The van der Waals surface area contributed by atoms with E-state index in [0.29, 0.717) is 6.04 Å². The number of fused-ring (bicyclic) bond motifs is 2. The summed E-state index contributed by atoms with van der Waals surface area (Å²) >= 11 is 0. The summed E-state index contributed by atoms with van der Waals surface area (Å²) in [6, 6.07) is 9.57. The van der Waals surface area contributed by atoms with Gasteiger partial charge in [-0.05, 0) is 43.7 Å². The van der Waals surface area contributed by atoms with Gasteiger partial charge >= 0.3 is 0 Å². The minimum absolute atomic E-state index is 0.270. The minimum Gasteiger partial charge on any atom is -0.295 e. The van der Waals surface area contributed by atoms with Crippen LogP contribution in [0.1, 0.15) is 31.7 Å². The van der Waals surface area contributed by atoms with Gasteiger partial charge in [0.25, 0.3) is 0 Å². The van der Waals surface area contributed by atoms with Crippen LogP contribution in [-0.2, 0) is 5.41 Å². The lowest BCUT2D eigenvalue weighted by atomic mass is 9.61. The Morgan fingerprint density at radius 1 is 1.35 bits per heavy atom. The molecule has 20 heavy (non-hydrogen) atoms. The molecular formula is C18H20N2. The lowest BCUT2D eigenvalue weighted by Gasteiger charge is -2.48. The van der Waals surface area contributed by atoms with E-state index in [1.54, 1.807) is 5.57 Å². The highest BCUT2D eigenvalue weighted by molar-refractivity contribution is 6.04. The molecule has 2 nitrogen and oxygen atoms in total. The molecule has 2 bridgehead atoms. The summed E-state index contributed by atoms with van der Waals surface area (Å²) in [5, 5.41) is 0. The van der Waals surface area contributed by atoms with Crippen molar-refractivity contribution < 1.29 is 0 Å². The molecule has 1 aromatic rings. The zero-order chi connectivity index (χ0) is 13.3. The van der Waals surface area contributed by atoms with Gasteiger partial charge < -0.3 is 0 Å². The number of nitrogens with zero attached hydrogens (tertiary/aromatic N) is 2. The molecule has 3 atom stereocenters. The van der Waals surface area contributed by atoms with Crippen LogP contribution < -0.4 is 0 Å².